The summed E-state index contributed by atoms with van der Waals surface area (Å²) >= 11 is 0. The summed E-state index contributed by atoms with van der Waals surface area (Å²) in [5.41, 5.74) is 1.09. The number of nitrogens with zero attached hydrogens (tertiary/aromatic N) is 2. The predicted molar refractivity (Wildman–Crippen MR) is 47.9 cm³/mol. The number of aromatic nitrogens is 2. The minimum atomic E-state index is 0.150. The van der Waals surface area contributed by atoms with Crippen LogP contribution < -0.4 is 4.74 Å². The van der Waals surface area contributed by atoms with Gasteiger partial charge in [-0.1, -0.05) is 0 Å². The summed E-state index contributed by atoms with van der Waals surface area (Å²) in [6, 6.07) is 0. The second-order valence-corrected chi connectivity index (χ2v) is 3.20. The molecule has 4 nitrogen and oxygen atoms in total. The fourth-order valence-electron chi connectivity index (χ4n) is 1.54. The molecule has 0 aromatic carbocycles. The lowest BCUT2D eigenvalue weighted by Gasteiger charge is -2.24. The number of aryl methyl sites for hydroxylation is 1. The van der Waals surface area contributed by atoms with Crippen LogP contribution in [0.2, 0.25) is 0 Å². The molecule has 0 spiro atoms. The first-order valence-electron chi connectivity index (χ1n) is 4.58. The molecule has 0 radical (unpaired) electrons. The van der Waals surface area contributed by atoms with Crippen molar-refractivity contribution in [2.24, 2.45) is 0 Å². The Bertz CT molecular complexity index is 296. The molecule has 4 heteroatoms. The third-order valence-electron chi connectivity index (χ3n) is 2.15. The van der Waals surface area contributed by atoms with Gasteiger partial charge in [0, 0.05) is 12.2 Å². The van der Waals surface area contributed by atoms with Gasteiger partial charge in [0.25, 0.3) is 0 Å². The molecule has 72 valence electrons. The van der Waals surface area contributed by atoms with Gasteiger partial charge in [0.1, 0.15) is 12.7 Å². The summed E-state index contributed by atoms with van der Waals surface area (Å²) in [7, 11) is 0. The predicted octanol–water partition coefficient (Wildman–Crippen LogP) is 0.989. The maximum absolute atomic E-state index is 5.53. The van der Waals surface area contributed by atoms with E-state index in [1.807, 2.05) is 24.7 Å². The first-order valence-corrected chi connectivity index (χ1v) is 4.58. The largest absolute Gasteiger partial charge is 0.475 e. The quantitative estimate of drug-likeness (QED) is 0.684. The minimum absolute atomic E-state index is 0.150. The SMILES string of the molecule is CCO[C@H]1COc2c(C)cnn2C1. The molecule has 0 N–H and O–H groups in total. The molecule has 1 aromatic rings. The van der Waals surface area contributed by atoms with Crippen molar-refractivity contribution in [2.45, 2.75) is 26.5 Å². The highest BCUT2D eigenvalue weighted by atomic mass is 16.5. The first kappa shape index (κ1) is 8.56. The zero-order valence-corrected chi connectivity index (χ0v) is 7.99. The number of fused-ring (bicyclic) bond motifs is 1. The van der Waals surface area contributed by atoms with Gasteiger partial charge in [0.2, 0.25) is 5.88 Å². The van der Waals surface area contributed by atoms with Gasteiger partial charge < -0.3 is 9.47 Å². The molecule has 1 atom stereocenters. The average molecular weight is 182 g/mol. The second kappa shape index (κ2) is 3.38. The van der Waals surface area contributed by atoms with E-state index >= 15 is 0 Å². The van der Waals surface area contributed by atoms with Crippen LogP contribution in [-0.4, -0.2) is 29.1 Å². The van der Waals surface area contributed by atoms with Gasteiger partial charge in [0.15, 0.2) is 0 Å². The molecular weight excluding hydrogens is 168 g/mol. The Morgan fingerprint density at radius 1 is 1.77 bits per heavy atom. The Labute approximate surface area is 77.4 Å². The molecule has 0 fully saturated rings. The minimum Gasteiger partial charge on any atom is -0.475 e. The molecule has 1 aromatic heterocycles. The summed E-state index contributed by atoms with van der Waals surface area (Å²) in [5.74, 6) is 0.885. The standard InChI is InChI=1S/C9H14N2O2/c1-3-12-8-5-11-9(13-6-8)7(2)4-10-11/h4,8H,3,5-6H2,1-2H3/t8-/m1/s1. The second-order valence-electron chi connectivity index (χ2n) is 3.20. The number of hydrogen-bond acceptors (Lipinski definition) is 3. The van der Waals surface area contributed by atoms with Crippen molar-refractivity contribution in [1.82, 2.24) is 9.78 Å². The van der Waals surface area contributed by atoms with E-state index in [0.717, 1.165) is 24.6 Å². The Morgan fingerprint density at radius 2 is 2.62 bits per heavy atom. The van der Waals surface area contributed by atoms with Gasteiger partial charge >= 0.3 is 0 Å². The maximum atomic E-state index is 5.53. The highest BCUT2D eigenvalue weighted by Crippen LogP contribution is 2.21. The van der Waals surface area contributed by atoms with Crippen LogP contribution in [0, 0.1) is 6.92 Å². The third-order valence-corrected chi connectivity index (χ3v) is 2.15. The van der Waals surface area contributed by atoms with Gasteiger partial charge in [-0.15, -0.1) is 0 Å². The van der Waals surface area contributed by atoms with E-state index in [9.17, 15) is 0 Å². The molecule has 0 amide bonds. The summed E-state index contributed by atoms with van der Waals surface area (Å²) in [4.78, 5) is 0. The Morgan fingerprint density at radius 3 is 3.38 bits per heavy atom. The lowest BCUT2D eigenvalue weighted by atomic mass is 10.3. The van der Waals surface area contributed by atoms with Crippen molar-refractivity contribution in [2.75, 3.05) is 13.2 Å². The third kappa shape index (κ3) is 1.54. The van der Waals surface area contributed by atoms with Crippen LogP contribution in [0.15, 0.2) is 6.20 Å². The number of ether oxygens (including phenoxy) is 2. The zero-order chi connectivity index (χ0) is 9.26. The van der Waals surface area contributed by atoms with Crippen LogP contribution in [0.5, 0.6) is 5.88 Å². The van der Waals surface area contributed by atoms with Crippen molar-refractivity contribution in [1.29, 1.82) is 0 Å². The van der Waals surface area contributed by atoms with Crippen molar-refractivity contribution < 1.29 is 9.47 Å². The zero-order valence-electron chi connectivity index (χ0n) is 7.99. The Balaban J connectivity index is 2.11. The smallest absolute Gasteiger partial charge is 0.214 e. The fraction of sp³-hybridized carbons (Fsp3) is 0.667. The highest BCUT2D eigenvalue weighted by molar-refractivity contribution is 5.23. The molecule has 1 aliphatic heterocycles. The van der Waals surface area contributed by atoms with E-state index in [-0.39, 0.29) is 6.10 Å². The van der Waals surface area contributed by atoms with Crippen LogP contribution >= 0.6 is 0 Å². The Hall–Kier alpha value is -1.03. The van der Waals surface area contributed by atoms with E-state index in [1.165, 1.54) is 0 Å². The van der Waals surface area contributed by atoms with Gasteiger partial charge in [-0.2, -0.15) is 5.10 Å². The van der Waals surface area contributed by atoms with Crippen LogP contribution in [0.4, 0.5) is 0 Å². The van der Waals surface area contributed by atoms with E-state index in [2.05, 4.69) is 5.10 Å². The normalized spacial score (nSPS) is 20.9. The van der Waals surface area contributed by atoms with Crippen molar-refractivity contribution >= 4 is 0 Å². The van der Waals surface area contributed by atoms with E-state index < -0.39 is 0 Å². The lowest BCUT2D eigenvalue weighted by molar-refractivity contribution is -0.00668. The van der Waals surface area contributed by atoms with E-state index in [0.29, 0.717) is 6.61 Å². The van der Waals surface area contributed by atoms with Gasteiger partial charge in [-0.05, 0) is 13.8 Å². The molecule has 1 aliphatic rings. The van der Waals surface area contributed by atoms with Crippen LogP contribution in [-0.2, 0) is 11.3 Å². The molecule has 2 rings (SSSR count). The van der Waals surface area contributed by atoms with Gasteiger partial charge in [0.05, 0.1) is 12.7 Å². The topological polar surface area (TPSA) is 36.3 Å². The number of rotatable bonds is 2. The summed E-state index contributed by atoms with van der Waals surface area (Å²) in [6.45, 7) is 6.16. The molecular formula is C9H14N2O2. The molecule has 0 saturated heterocycles. The van der Waals surface area contributed by atoms with Crippen molar-refractivity contribution in [3.63, 3.8) is 0 Å². The van der Waals surface area contributed by atoms with Crippen LogP contribution in [0.1, 0.15) is 12.5 Å². The molecule has 2 heterocycles. The molecule has 0 aliphatic carbocycles. The van der Waals surface area contributed by atoms with Gasteiger partial charge in [-0.3, -0.25) is 0 Å². The number of hydrogen-bond donors (Lipinski definition) is 0. The summed E-state index contributed by atoms with van der Waals surface area (Å²) in [5, 5.41) is 4.20. The average Bonchev–Trinajstić information content (AvgIpc) is 2.48. The molecule has 0 saturated carbocycles. The first-order chi connectivity index (χ1) is 6.31. The summed E-state index contributed by atoms with van der Waals surface area (Å²) in [6.07, 6.45) is 1.97. The van der Waals surface area contributed by atoms with E-state index in [1.54, 1.807) is 0 Å². The lowest BCUT2D eigenvalue weighted by Crippen LogP contribution is -2.32. The van der Waals surface area contributed by atoms with Crippen molar-refractivity contribution in [3.05, 3.63) is 11.8 Å². The Kier molecular flexibility index (Phi) is 2.22. The maximum Gasteiger partial charge on any atom is 0.214 e. The monoisotopic (exact) mass is 182 g/mol. The van der Waals surface area contributed by atoms with Crippen LogP contribution in [0.3, 0.4) is 0 Å². The van der Waals surface area contributed by atoms with E-state index in [4.69, 9.17) is 9.47 Å². The highest BCUT2D eigenvalue weighted by Gasteiger charge is 2.21. The molecule has 0 bridgehead atoms. The molecule has 13 heavy (non-hydrogen) atoms. The fourth-order valence-corrected chi connectivity index (χ4v) is 1.54. The van der Waals surface area contributed by atoms with Crippen LogP contribution in [0.25, 0.3) is 0 Å². The summed E-state index contributed by atoms with van der Waals surface area (Å²) < 4.78 is 12.9. The van der Waals surface area contributed by atoms with Gasteiger partial charge in [-0.25, -0.2) is 4.68 Å². The molecule has 0 unspecified atom stereocenters. The van der Waals surface area contributed by atoms with Crippen molar-refractivity contribution in [3.8, 4) is 5.88 Å².